The number of hydrogen-bond acceptors (Lipinski definition) is 8. The zero-order valence-electron chi connectivity index (χ0n) is 54.6. The summed E-state index contributed by atoms with van der Waals surface area (Å²) < 4.78 is 22.8. The lowest BCUT2D eigenvalue weighted by molar-refractivity contribution is -0.870. The van der Waals surface area contributed by atoms with Gasteiger partial charge in [0.25, 0.3) is 0 Å². The number of allylic oxidation sites excluding steroid dienone is 10. The quantitative estimate of drug-likeness (QED) is 0.0195. The van der Waals surface area contributed by atoms with Gasteiger partial charge < -0.3 is 33.3 Å². The van der Waals surface area contributed by atoms with E-state index in [9.17, 15) is 19.5 Å². The molecule has 0 heterocycles. The first kappa shape index (κ1) is 79.0. The van der Waals surface area contributed by atoms with Gasteiger partial charge in [-0.3, -0.25) is 9.59 Å². The highest BCUT2D eigenvalue weighted by molar-refractivity contribution is 5.70. The maximum Gasteiger partial charge on any atom is 0.306 e. The van der Waals surface area contributed by atoms with Crippen LogP contribution in [0.25, 0.3) is 0 Å². The Kier molecular flexibility index (Phi) is 61.6. The average Bonchev–Trinajstić information content (AvgIpc) is 3.45. The first-order valence-corrected chi connectivity index (χ1v) is 34.9. The Bertz CT molecular complexity index is 1530. The van der Waals surface area contributed by atoms with E-state index in [4.69, 9.17) is 18.9 Å². The lowest BCUT2D eigenvalue weighted by Gasteiger charge is -2.26. The molecular formula is C73H133NO8. The van der Waals surface area contributed by atoms with Crippen LogP contribution in [0.1, 0.15) is 328 Å². The fourth-order valence-electron chi connectivity index (χ4n) is 10.2. The van der Waals surface area contributed by atoms with Crippen LogP contribution >= 0.6 is 0 Å². The van der Waals surface area contributed by atoms with Gasteiger partial charge in [-0.2, -0.15) is 0 Å². The van der Waals surface area contributed by atoms with Gasteiger partial charge in [0.1, 0.15) is 13.2 Å². The third-order valence-electron chi connectivity index (χ3n) is 15.5. The van der Waals surface area contributed by atoms with Gasteiger partial charge in [-0.25, -0.2) is 0 Å². The van der Waals surface area contributed by atoms with Crippen LogP contribution in [-0.2, 0) is 33.3 Å². The second-order valence-electron chi connectivity index (χ2n) is 24.8. The number of hydrogen-bond donors (Lipinski definition) is 0. The van der Waals surface area contributed by atoms with Crippen molar-refractivity contribution in [2.24, 2.45) is 0 Å². The Hall–Kier alpha value is -3.01. The van der Waals surface area contributed by atoms with Crippen molar-refractivity contribution in [2.75, 3.05) is 47.5 Å². The molecule has 0 aromatic carbocycles. The molecule has 0 fully saturated rings. The molecule has 0 aromatic heterocycles. The van der Waals surface area contributed by atoms with E-state index in [1.54, 1.807) is 0 Å². The number of carbonyl (C=O) groups excluding carboxylic acids is 3. The molecule has 0 N–H and O–H groups in total. The number of ether oxygens (including phenoxy) is 4. The maximum atomic E-state index is 12.9. The number of likely N-dealkylation sites (N-methyl/N-ethyl adjacent to an activating group) is 1. The smallest absolute Gasteiger partial charge is 0.306 e. The molecular weight excluding hydrogens is 1020 g/mol. The van der Waals surface area contributed by atoms with Gasteiger partial charge in [-0.15, -0.1) is 0 Å². The molecule has 478 valence electrons. The molecule has 82 heavy (non-hydrogen) atoms. The van der Waals surface area contributed by atoms with Crippen molar-refractivity contribution < 1.29 is 42.9 Å². The lowest BCUT2D eigenvalue weighted by atomic mass is 10.0. The van der Waals surface area contributed by atoms with Crippen LogP contribution in [0.15, 0.2) is 60.8 Å². The van der Waals surface area contributed by atoms with Crippen LogP contribution in [0.3, 0.4) is 0 Å². The average molecular weight is 1150 g/mol. The van der Waals surface area contributed by atoms with Gasteiger partial charge in [-0.1, -0.05) is 319 Å². The normalized spacial score (nSPS) is 13.0. The van der Waals surface area contributed by atoms with E-state index in [-0.39, 0.29) is 32.2 Å². The molecule has 0 saturated carbocycles. The molecule has 0 spiro atoms. The van der Waals surface area contributed by atoms with Gasteiger partial charge in [0.15, 0.2) is 12.4 Å². The highest BCUT2D eigenvalue weighted by atomic mass is 16.7. The SMILES string of the molecule is CC/C=C\C/C=C\C/C=C\C/C=C\C/C=C\CCCCCCCCCCCCCCCCCCCCCC(=O)OC(COC(=O)CCCCCCCCCCCCCCCCCCCCCCCC)COC(OCC[N+](C)(C)C)C(=O)[O-]. The van der Waals surface area contributed by atoms with E-state index in [2.05, 4.69) is 74.6 Å². The zero-order valence-corrected chi connectivity index (χ0v) is 54.6. The Balaban J connectivity index is 4.05. The molecule has 0 rings (SSSR count). The minimum absolute atomic E-state index is 0.150. The first-order chi connectivity index (χ1) is 40.1. The number of aliphatic carboxylic acids is 1. The molecule has 0 aliphatic heterocycles. The second kappa shape index (κ2) is 64.0. The van der Waals surface area contributed by atoms with E-state index >= 15 is 0 Å². The van der Waals surface area contributed by atoms with E-state index in [1.165, 1.54) is 231 Å². The summed E-state index contributed by atoms with van der Waals surface area (Å²) in [4.78, 5) is 37.5. The number of carboxylic acids is 1. The number of esters is 2. The van der Waals surface area contributed by atoms with Crippen molar-refractivity contribution >= 4 is 17.9 Å². The van der Waals surface area contributed by atoms with Gasteiger partial charge in [0, 0.05) is 12.8 Å². The van der Waals surface area contributed by atoms with Crippen LogP contribution in [0.5, 0.6) is 0 Å². The lowest BCUT2D eigenvalue weighted by Crippen LogP contribution is -2.44. The molecule has 0 bridgehead atoms. The minimum atomic E-state index is -1.62. The number of unbranched alkanes of at least 4 members (excludes halogenated alkanes) is 40. The second-order valence-corrected chi connectivity index (χ2v) is 24.8. The maximum absolute atomic E-state index is 12.9. The topological polar surface area (TPSA) is 111 Å². The summed E-state index contributed by atoms with van der Waals surface area (Å²) in [5.74, 6) is -2.26. The van der Waals surface area contributed by atoms with Crippen LogP contribution in [0.2, 0.25) is 0 Å². The summed E-state index contributed by atoms with van der Waals surface area (Å²) >= 11 is 0. The van der Waals surface area contributed by atoms with E-state index < -0.39 is 24.3 Å². The van der Waals surface area contributed by atoms with Gasteiger partial charge >= 0.3 is 11.9 Å². The summed E-state index contributed by atoms with van der Waals surface area (Å²) in [7, 11) is 5.94. The summed E-state index contributed by atoms with van der Waals surface area (Å²) in [5.41, 5.74) is 0. The fourth-order valence-corrected chi connectivity index (χ4v) is 10.2. The van der Waals surface area contributed by atoms with Crippen LogP contribution in [-0.4, -0.2) is 82.3 Å². The number of nitrogens with zero attached hydrogens (tertiary/aromatic N) is 1. The first-order valence-electron chi connectivity index (χ1n) is 34.9. The van der Waals surface area contributed by atoms with Crippen molar-refractivity contribution in [2.45, 2.75) is 341 Å². The summed E-state index contributed by atoms with van der Waals surface area (Å²) in [6.07, 6.45) is 80.2. The number of quaternary nitrogens is 1. The van der Waals surface area contributed by atoms with Crippen molar-refractivity contribution in [3.05, 3.63) is 60.8 Å². The molecule has 2 unspecified atom stereocenters. The van der Waals surface area contributed by atoms with Crippen molar-refractivity contribution in [3.63, 3.8) is 0 Å². The Morgan fingerprint density at radius 1 is 0.378 bits per heavy atom. The molecule has 0 aromatic rings. The summed E-state index contributed by atoms with van der Waals surface area (Å²) in [6.45, 7) is 4.69. The Labute approximate surface area is 507 Å². The number of carboxylic acid groups (broad SMARTS) is 1. The highest BCUT2D eigenvalue weighted by Gasteiger charge is 2.22. The summed E-state index contributed by atoms with van der Waals surface area (Å²) in [6, 6.07) is 0. The molecule has 0 saturated heterocycles. The highest BCUT2D eigenvalue weighted by Crippen LogP contribution is 2.18. The monoisotopic (exact) mass is 1150 g/mol. The third-order valence-corrected chi connectivity index (χ3v) is 15.5. The molecule has 2 atom stereocenters. The Morgan fingerprint density at radius 3 is 1.04 bits per heavy atom. The van der Waals surface area contributed by atoms with Crippen molar-refractivity contribution in [1.82, 2.24) is 0 Å². The molecule has 0 radical (unpaired) electrons. The van der Waals surface area contributed by atoms with E-state index in [0.717, 1.165) is 64.2 Å². The van der Waals surface area contributed by atoms with E-state index in [0.29, 0.717) is 23.9 Å². The van der Waals surface area contributed by atoms with Crippen molar-refractivity contribution in [3.8, 4) is 0 Å². The molecule has 9 nitrogen and oxygen atoms in total. The minimum Gasteiger partial charge on any atom is -0.545 e. The summed E-state index contributed by atoms with van der Waals surface area (Å²) in [5, 5.41) is 11.8. The molecule has 9 heteroatoms. The molecule has 0 amide bonds. The Morgan fingerprint density at radius 2 is 0.695 bits per heavy atom. The number of rotatable bonds is 65. The molecule has 0 aliphatic rings. The number of carbonyl (C=O) groups is 3. The predicted molar refractivity (Wildman–Crippen MR) is 348 cm³/mol. The van der Waals surface area contributed by atoms with Gasteiger partial charge in [0.2, 0.25) is 0 Å². The van der Waals surface area contributed by atoms with Crippen molar-refractivity contribution in [1.29, 1.82) is 0 Å². The van der Waals surface area contributed by atoms with Gasteiger partial charge in [0.05, 0.1) is 40.3 Å². The third kappa shape index (κ3) is 64.5. The predicted octanol–water partition coefficient (Wildman–Crippen LogP) is 20.2. The van der Waals surface area contributed by atoms with Crippen LogP contribution in [0.4, 0.5) is 0 Å². The van der Waals surface area contributed by atoms with Crippen LogP contribution < -0.4 is 5.11 Å². The van der Waals surface area contributed by atoms with E-state index in [1.807, 2.05) is 21.1 Å². The van der Waals surface area contributed by atoms with Gasteiger partial charge in [-0.05, 0) is 57.8 Å². The zero-order chi connectivity index (χ0) is 59.8. The molecule has 0 aliphatic carbocycles. The standard InChI is InChI=1S/C73H133NO8/c1-6-8-10-12-14-16-18-20-22-24-26-28-30-31-32-33-34-35-36-37-38-39-40-41-42-44-46-48-50-52-54-56-58-60-62-64-71(76)82-69(68-81-73(72(77)78)79-66-65-74(3,4)5)67-80-70(75)63-61-59-57-55-53-51-49-47-45-43-29-27-25-23-21-19-17-15-13-11-9-7-2/h8,10,14,16,20,22,26,28,31-32,69,73H,6-7,9,11-13,15,17-19,21,23-25,27,29-30,33-68H2,1-5H3/b10-8-,16-14-,22-20-,28-26-,32-31-. The van der Waals surface area contributed by atoms with Crippen LogP contribution in [0, 0.1) is 0 Å². The largest absolute Gasteiger partial charge is 0.545 e. The fraction of sp³-hybridized carbons (Fsp3) is 0.822.